The molecule has 0 radical (unpaired) electrons. The Morgan fingerprint density at radius 1 is 1.18 bits per heavy atom. The van der Waals surface area contributed by atoms with Crippen molar-refractivity contribution in [3.8, 4) is 0 Å². The van der Waals surface area contributed by atoms with Crippen LogP contribution in [0.4, 0.5) is 5.69 Å². The first-order valence-corrected chi connectivity index (χ1v) is 6.29. The van der Waals surface area contributed by atoms with Gasteiger partial charge < -0.3 is 5.32 Å². The molecule has 0 aliphatic carbocycles. The fourth-order valence-corrected chi connectivity index (χ4v) is 1.76. The Morgan fingerprint density at radius 3 is 2.65 bits per heavy atom. The molecule has 6 heteroatoms. The second kappa shape index (κ2) is 5.37. The molecule has 0 atom stereocenters. The number of hydrogen-bond acceptors (Lipinski definition) is 3. The Kier molecular flexibility index (Phi) is 3.86. The minimum atomic E-state index is -0.272. The monoisotopic (exact) mass is 355 g/mol. The molecule has 2 aromatic heterocycles. The van der Waals surface area contributed by atoms with Gasteiger partial charge >= 0.3 is 0 Å². The number of amides is 1. The number of nitrogens with one attached hydrogen (secondary N) is 1. The highest BCUT2D eigenvalue weighted by Crippen LogP contribution is 2.19. The van der Waals surface area contributed by atoms with Gasteiger partial charge in [-0.05, 0) is 56.1 Å². The molecular weight excluding hydrogens is 350 g/mol. The molecule has 0 spiro atoms. The van der Waals surface area contributed by atoms with Crippen LogP contribution in [0.2, 0.25) is 0 Å². The highest BCUT2D eigenvalue weighted by atomic mass is 79.9. The van der Waals surface area contributed by atoms with Crippen LogP contribution in [0.1, 0.15) is 10.5 Å². The van der Waals surface area contributed by atoms with Gasteiger partial charge in [0.1, 0.15) is 10.3 Å². The lowest BCUT2D eigenvalue weighted by atomic mass is 10.3. The molecule has 0 aliphatic heterocycles. The zero-order chi connectivity index (χ0) is 12.3. The van der Waals surface area contributed by atoms with Crippen LogP contribution in [0.25, 0.3) is 0 Å². The first kappa shape index (κ1) is 12.2. The van der Waals surface area contributed by atoms with Crippen LogP contribution in [0.5, 0.6) is 0 Å². The quantitative estimate of drug-likeness (QED) is 0.840. The van der Waals surface area contributed by atoms with Crippen LogP contribution in [0.3, 0.4) is 0 Å². The third kappa shape index (κ3) is 3.10. The molecule has 86 valence electrons. The van der Waals surface area contributed by atoms with Crippen molar-refractivity contribution in [3.05, 3.63) is 51.4 Å². The molecule has 0 unspecified atom stereocenters. The summed E-state index contributed by atoms with van der Waals surface area (Å²) in [6, 6.07) is 6.91. The Labute approximate surface area is 115 Å². The van der Waals surface area contributed by atoms with E-state index in [1.807, 2.05) is 0 Å². The molecule has 2 aromatic rings. The van der Waals surface area contributed by atoms with Gasteiger partial charge in [0, 0.05) is 16.9 Å². The summed E-state index contributed by atoms with van der Waals surface area (Å²) in [6.45, 7) is 0. The second-order valence-electron chi connectivity index (χ2n) is 3.16. The summed E-state index contributed by atoms with van der Waals surface area (Å²) in [4.78, 5) is 19.9. The van der Waals surface area contributed by atoms with Gasteiger partial charge in [-0.25, -0.2) is 9.97 Å². The molecular formula is C11H7Br2N3O. The Morgan fingerprint density at radius 2 is 2.00 bits per heavy atom. The van der Waals surface area contributed by atoms with Gasteiger partial charge in [-0.2, -0.15) is 0 Å². The maximum Gasteiger partial charge on any atom is 0.274 e. The zero-order valence-corrected chi connectivity index (χ0v) is 11.7. The molecule has 0 aliphatic rings. The molecule has 0 bridgehead atoms. The van der Waals surface area contributed by atoms with Gasteiger partial charge in [-0.1, -0.05) is 0 Å². The molecule has 1 amide bonds. The lowest BCUT2D eigenvalue weighted by Gasteiger charge is -2.05. The number of anilines is 1. The number of halogens is 2. The van der Waals surface area contributed by atoms with E-state index >= 15 is 0 Å². The summed E-state index contributed by atoms with van der Waals surface area (Å²) in [7, 11) is 0. The highest BCUT2D eigenvalue weighted by molar-refractivity contribution is 9.10. The van der Waals surface area contributed by atoms with E-state index in [2.05, 4.69) is 47.1 Å². The van der Waals surface area contributed by atoms with Crippen LogP contribution in [-0.2, 0) is 0 Å². The van der Waals surface area contributed by atoms with Gasteiger partial charge in [0.25, 0.3) is 5.91 Å². The van der Waals surface area contributed by atoms with Crippen LogP contribution in [0.15, 0.2) is 45.7 Å². The van der Waals surface area contributed by atoms with Crippen molar-refractivity contribution in [2.45, 2.75) is 0 Å². The van der Waals surface area contributed by atoms with E-state index in [0.717, 1.165) is 4.47 Å². The number of carbonyl (C=O) groups excluding carboxylic acids is 1. The third-order valence-electron chi connectivity index (χ3n) is 1.97. The van der Waals surface area contributed by atoms with Crippen LogP contribution < -0.4 is 5.32 Å². The number of aromatic nitrogens is 2. The lowest BCUT2D eigenvalue weighted by Crippen LogP contribution is -2.13. The van der Waals surface area contributed by atoms with Crippen molar-refractivity contribution >= 4 is 43.5 Å². The van der Waals surface area contributed by atoms with Gasteiger partial charge in [0.05, 0.1) is 5.69 Å². The van der Waals surface area contributed by atoms with Crippen molar-refractivity contribution in [3.63, 3.8) is 0 Å². The predicted molar refractivity (Wildman–Crippen MR) is 71.8 cm³/mol. The van der Waals surface area contributed by atoms with Gasteiger partial charge in [-0.3, -0.25) is 4.79 Å². The molecule has 17 heavy (non-hydrogen) atoms. The number of rotatable bonds is 2. The molecule has 2 rings (SSSR count). The molecule has 2 heterocycles. The zero-order valence-electron chi connectivity index (χ0n) is 8.52. The summed E-state index contributed by atoms with van der Waals surface area (Å²) >= 11 is 6.52. The van der Waals surface area contributed by atoms with E-state index in [1.54, 1.807) is 36.7 Å². The van der Waals surface area contributed by atoms with Gasteiger partial charge in [0.2, 0.25) is 0 Å². The van der Waals surface area contributed by atoms with Crippen molar-refractivity contribution in [1.29, 1.82) is 0 Å². The Balaban J connectivity index is 2.17. The third-order valence-corrected chi connectivity index (χ3v) is 3.07. The molecule has 1 N–H and O–H groups in total. The van der Waals surface area contributed by atoms with Crippen LogP contribution >= 0.6 is 31.9 Å². The first-order chi connectivity index (χ1) is 8.16. The molecule has 0 saturated carbocycles. The standard InChI is InChI=1S/C11H7Br2N3O/c12-7-3-4-9(15-6-7)11(17)16-8-2-1-5-14-10(8)13/h1-6H,(H,16,17). The summed E-state index contributed by atoms with van der Waals surface area (Å²) < 4.78 is 1.42. The maximum atomic E-state index is 11.8. The van der Waals surface area contributed by atoms with Crippen LogP contribution in [0, 0.1) is 0 Å². The second-order valence-corrected chi connectivity index (χ2v) is 4.82. The van der Waals surface area contributed by atoms with E-state index in [0.29, 0.717) is 16.0 Å². The van der Waals surface area contributed by atoms with E-state index in [4.69, 9.17) is 0 Å². The number of hydrogen-bond donors (Lipinski definition) is 1. The van der Waals surface area contributed by atoms with Crippen LogP contribution in [-0.4, -0.2) is 15.9 Å². The molecule has 4 nitrogen and oxygen atoms in total. The molecule has 0 saturated heterocycles. The number of nitrogens with zero attached hydrogens (tertiary/aromatic N) is 2. The molecule has 0 fully saturated rings. The van der Waals surface area contributed by atoms with E-state index in [9.17, 15) is 4.79 Å². The summed E-state index contributed by atoms with van der Waals surface area (Å²) in [5, 5.41) is 2.72. The van der Waals surface area contributed by atoms with Crippen molar-refractivity contribution < 1.29 is 4.79 Å². The highest BCUT2D eigenvalue weighted by Gasteiger charge is 2.09. The smallest absolute Gasteiger partial charge is 0.274 e. The first-order valence-electron chi connectivity index (χ1n) is 4.70. The average Bonchev–Trinajstić information content (AvgIpc) is 2.33. The number of carbonyl (C=O) groups is 1. The fraction of sp³-hybridized carbons (Fsp3) is 0. The lowest BCUT2D eigenvalue weighted by molar-refractivity contribution is 0.102. The average molecular weight is 357 g/mol. The predicted octanol–water partition coefficient (Wildman–Crippen LogP) is 3.25. The topological polar surface area (TPSA) is 54.9 Å². The Hall–Kier alpha value is -1.27. The minimum Gasteiger partial charge on any atom is -0.318 e. The van der Waals surface area contributed by atoms with Gasteiger partial charge in [0.15, 0.2) is 0 Å². The van der Waals surface area contributed by atoms with E-state index in [1.165, 1.54) is 0 Å². The normalized spacial score (nSPS) is 10.0. The number of pyridine rings is 2. The summed E-state index contributed by atoms with van der Waals surface area (Å²) in [5.74, 6) is -0.272. The minimum absolute atomic E-state index is 0.272. The molecule has 0 aromatic carbocycles. The van der Waals surface area contributed by atoms with E-state index < -0.39 is 0 Å². The van der Waals surface area contributed by atoms with Gasteiger partial charge in [-0.15, -0.1) is 0 Å². The van der Waals surface area contributed by atoms with E-state index in [-0.39, 0.29) is 5.91 Å². The largest absolute Gasteiger partial charge is 0.318 e. The summed E-state index contributed by atoms with van der Waals surface area (Å²) in [5.41, 5.74) is 0.964. The van der Waals surface area contributed by atoms with Crippen molar-refractivity contribution in [2.75, 3.05) is 5.32 Å². The Bertz CT molecular complexity index is 543. The fourth-order valence-electron chi connectivity index (χ4n) is 1.18. The summed E-state index contributed by atoms with van der Waals surface area (Å²) in [6.07, 6.45) is 3.21. The van der Waals surface area contributed by atoms with Crippen molar-refractivity contribution in [1.82, 2.24) is 9.97 Å². The van der Waals surface area contributed by atoms with Crippen molar-refractivity contribution in [2.24, 2.45) is 0 Å². The maximum absolute atomic E-state index is 11.8. The SMILES string of the molecule is O=C(Nc1cccnc1Br)c1ccc(Br)cn1.